The maximum atomic E-state index is 5.69. The van der Waals surface area contributed by atoms with Gasteiger partial charge in [0, 0.05) is 18.5 Å². The third-order valence-electron chi connectivity index (χ3n) is 2.02. The molecule has 0 amide bonds. The Morgan fingerprint density at radius 2 is 2.29 bits per heavy atom. The third-order valence-corrected chi connectivity index (χ3v) is 2.48. The molecule has 3 heteroatoms. The summed E-state index contributed by atoms with van der Waals surface area (Å²) in [6.07, 6.45) is 0. The first-order valence-corrected chi connectivity index (χ1v) is 5.22. The Kier molecular flexibility index (Phi) is 4.77. The molecule has 0 saturated heterocycles. The van der Waals surface area contributed by atoms with Crippen LogP contribution in [0.4, 0.5) is 0 Å². The van der Waals surface area contributed by atoms with Crippen LogP contribution in [0.2, 0.25) is 0 Å². The minimum atomic E-state index is 0.336. The number of nitrogens with one attached hydrogen (secondary N) is 1. The number of hydrogen-bond donors (Lipinski definition) is 1. The molecule has 0 aliphatic carbocycles. The average Bonchev–Trinajstić information content (AvgIpc) is 2.26. The molecule has 0 radical (unpaired) electrons. The van der Waals surface area contributed by atoms with Gasteiger partial charge in [0.25, 0.3) is 0 Å². The lowest BCUT2D eigenvalue weighted by Crippen LogP contribution is -2.26. The van der Waals surface area contributed by atoms with Crippen molar-refractivity contribution in [2.24, 2.45) is 0 Å². The van der Waals surface area contributed by atoms with E-state index in [0.717, 1.165) is 12.3 Å². The van der Waals surface area contributed by atoms with Crippen molar-refractivity contribution in [2.45, 2.75) is 19.5 Å². The molecule has 0 heterocycles. The molecule has 0 spiro atoms. The number of benzene rings is 1. The van der Waals surface area contributed by atoms with Crippen LogP contribution in [0.3, 0.4) is 0 Å². The molecular formula is C11H16ClNO. The van der Waals surface area contributed by atoms with Crippen LogP contribution in [0.15, 0.2) is 24.3 Å². The van der Waals surface area contributed by atoms with Gasteiger partial charge in [0.05, 0.1) is 7.11 Å². The number of rotatable bonds is 5. The Morgan fingerprint density at radius 1 is 1.50 bits per heavy atom. The lowest BCUT2D eigenvalue weighted by Gasteiger charge is -2.10. The van der Waals surface area contributed by atoms with Crippen molar-refractivity contribution < 1.29 is 4.74 Å². The van der Waals surface area contributed by atoms with Gasteiger partial charge in [-0.1, -0.05) is 12.1 Å². The molecule has 1 rings (SSSR count). The first kappa shape index (κ1) is 11.3. The van der Waals surface area contributed by atoms with Crippen LogP contribution in [0.5, 0.6) is 5.75 Å². The molecule has 0 saturated carbocycles. The fourth-order valence-electron chi connectivity index (χ4n) is 1.13. The number of methoxy groups -OCH3 is 1. The second-order valence-electron chi connectivity index (χ2n) is 3.29. The van der Waals surface area contributed by atoms with E-state index in [2.05, 4.69) is 18.3 Å². The van der Waals surface area contributed by atoms with Crippen LogP contribution in [0.1, 0.15) is 12.5 Å². The lowest BCUT2D eigenvalue weighted by molar-refractivity contribution is 0.414. The van der Waals surface area contributed by atoms with Crippen LogP contribution < -0.4 is 10.1 Å². The number of alkyl halides is 1. The quantitative estimate of drug-likeness (QED) is 0.759. The van der Waals surface area contributed by atoms with Crippen molar-refractivity contribution in [3.8, 4) is 5.75 Å². The zero-order valence-electron chi connectivity index (χ0n) is 8.59. The Bertz CT molecular complexity index is 278. The van der Waals surface area contributed by atoms with Crippen molar-refractivity contribution in [1.29, 1.82) is 0 Å². The first-order valence-electron chi connectivity index (χ1n) is 4.68. The fourth-order valence-corrected chi connectivity index (χ4v) is 1.24. The summed E-state index contributed by atoms with van der Waals surface area (Å²) < 4.78 is 5.13. The molecule has 1 N–H and O–H groups in total. The van der Waals surface area contributed by atoms with Gasteiger partial charge in [0.1, 0.15) is 5.75 Å². The molecule has 1 unspecified atom stereocenters. The van der Waals surface area contributed by atoms with E-state index in [-0.39, 0.29) is 0 Å². The summed E-state index contributed by atoms with van der Waals surface area (Å²) in [4.78, 5) is 0. The molecule has 14 heavy (non-hydrogen) atoms. The standard InChI is InChI=1S/C11H16ClNO/c1-9(7-12)13-8-10-4-3-5-11(6-10)14-2/h3-6,9,13H,7-8H2,1-2H3. The van der Waals surface area contributed by atoms with Crippen LogP contribution >= 0.6 is 11.6 Å². The highest BCUT2D eigenvalue weighted by Gasteiger charge is 1.99. The highest BCUT2D eigenvalue weighted by molar-refractivity contribution is 6.18. The highest BCUT2D eigenvalue weighted by atomic mass is 35.5. The predicted octanol–water partition coefficient (Wildman–Crippen LogP) is 2.41. The van der Waals surface area contributed by atoms with Crippen LogP contribution in [0, 0.1) is 0 Å². The molecule has 0 aromatic heterocycles. The maximum absolute atomic E-state index is 5.69. The van der Waals surface area contributed by atoms with E-state index >= 15 is 0 Å². The van der Waals surface area contributed by atoms with E-state index in [4.69, 9.17) is 16.3 Å². The van der Waals surface area contributed by atoms with E-state index in [1.807, 2.05) is 18.2 Å². The van der Waals surface area contributed by atoms with Crippen molar-refractivity contribution in [1.82, 2.24) is 5.32 Å². The van der Waals surface area contributed by atoms with Crippen LogP contribution in [0.25, 0.3) is 0 Å². The summed E-state index contributed by atoms with van der Waals surface area (Å²) in [5.41, 5.74) is 1.21. The highest BCUT2D eigenvalue weighted by Crippen LogP contribution is 2.12. The van der Waals surface area contributed by atoms with Gasteiger partial charge in [-0.05, 0) is 24.6 Å². The molecule has 0 fully saturated rings. The van der Waals surface area contributed by atoms with Crippen molar-refractivity contribution in [3.05, 3.63) is 29.8 Å². The normalized spacial score (nSPS) is 12.5. The molecule has 1 aromatic carbocycles. The van der Waals surface area contributed by atoms with Gasteiger partial charge in [-0.3, -0.25) is 0 Å². The largest absolute Gasteiger partial charge is 0.497 e. The first-order chi connectivity index (χ1) is 6.76. The van der Waals surface area contributed by atoms with Crippen molar-refractivity contribution >= 4 is 11.6 Å². The van der Waals surface area contributed by atoms with E-state index in [9.17, 15) is 0 Å². The monoisotopic (exact) mass is 213 g/mol. The summed E-state index contributed by atoms with van der Waals surface area (Å²) in [5, 5.41) is 3.31. The van der Waals surface area contributed by atoms with Crippen molar-refractivity contribution in [2.75, 3.05) is 13.0 Å². The summed E-state index contributed by atoms with van der Waals surface area (Å²) in [7, 11) is 1.67. The number of halogens is 1. The zero-order chi connectivity index (χ0) is 10.4. The Balaban J connectivity index is 2.50. The fraction of sp³-hybridized carbons (Fsp3) is 0.455. The Morgan fingerprint density at radius 3 is 2.93 bits per heavy atom. The van der Waals surface area contributed by atoms with Gasteiger partial charge in [-0.2, -0.15) is 0 Å². The van der Waals surface area contributed by atoms with E-state index in [1.165, 1.54) is 5.56 Å². The van der Waals surface area contributed by atoms with Gasteiger partial charge in [-0.25, -0.2) is 0 Å². The van der Waals surface area contributed by atoms with E-state index in [1.54, 1.807) is 7.11 Å². The number of ether oxygens (including phenoxy) is 1. The number of hydrogen-bond acceptors (Lipinski definition) is 2. The molecule has 1 atom stereocenters. The summed E-state index contributed by atoms with van der Waals surface area (Å²) in [6, 6.07) is 8.35. The van der Waals surface area contributed by atoms with Gasteiger partial charge in [-0.15, -0.1) is 11.6 Å². The van der Waals surface area contributed by atoms with Gasteiger partial charge in [0.15, 0.2) is 0 Å². The topological polar surface area (TPSA) is 21.3 Å². The molecule has 1 aromatic rings. The second kappa shape index (κ2) is 5.89. The van der Waals surface area contributed by atoms with Crippen molar-refractivity contribution in [3.63, 3.8) is 0 Å². The average molecular weight is 214 g/mol. The molecular weight excluding hydrogens is 198 g/mol. The van der Waals surface area contributed by atoms with Gasteiger partial charge >= 0.3 is 0 Å². The summed E-state index contributed by atoms with van der Waals surface area (Å²) in [5.74, 6) is 1.52. The maximum Gasteiger partial charge on any atom is 0.119 e. The van der Waals surface area contributed by atoms with Crippen LogP contribution in [-0.4, -0.2) is 19.0 Å². The van der Waals surface area contributed by atoms with E-state index in [0.29, 0.717) is 11.9 Å². The zero-order valence-corrected chi connectivity index (χ0v) is 9.34. The molecule has 0 bridgehead atoms. The predicted molar refractivity (Wildman–Crippen MR) is 60.0 cm³/mol. The Hall–Kier alpha value is -0.730. The minimum absolute atomic E-state index is 0.336. The smallest absolute Gasteiger partial charge is 0.119 e. The summed E-state index contributed by atoms with van der Waals surface area (Å²) >= 11 is 5.69. The SMILES string of the molecule is COc1cccc(CNC(C)CCl)c1. The molecule has 78 valence electrons. The minimum Gasteiger partial charge on any atom is -0.497 e. The summed E-state index contributed by atoms with van der Waals surface area (Å²) in [6.45, 7) is 2.89. The van der Waals surface area contributed by atoms with Gasteiger partial charge < -0.3 is 10.1 Å². The molecule has 0 aliphatic heterocycles. The second-order valence-corrected chi connectivity index (χ2v) is 3.60. The van der Waals surface area contributed by atoms with Gasteiger partial charge in [0.2, 0.25) is 0 Å². The van der Waals surface area contributed by atoms with E-state index < -0.39 is 0 Å². The van der Waals surface area contributed by atoms with Crippen LogP contribution in [-0.2, 0) is 6.54 Å². The Labute approximate surface area is 90.2 Å². The molecule has 0 aliphatic rings. The molecule has 2 nitrogen and oxygen atoms in total. The third kappa shape index (κ3) is 3.56. The lowest BCUT2D eigenvalue weighted by atomic mass is 10.2.